The summed E-state index contributed by atoms with van der Waals surface area (Å²) in [6.07, 6.45) is 7.32. The number of hydrogen-bond acceptors (Lipinski definition) is 2. The Bertz CT molecular complexity index is 479. The molecule has 1 fully saturated rings. The molecule has 3 nitrogen and oxygen atoms in total. The van der Waals surface area contributed by atoms with E-state index in [2.05, 4.69) is 19.9 Å². The van der Waals surface area contributed by atoms with Crippen molar-refractivity contribution in [3.63, 3.8) is 0 Å². The van der Waals surface area contributed by atoms with Crippen molar-refractivity contribution in [2.75, 3.05) is 0 Å². The third-order valence-electron chi connectivity index (χ3n) is 6.29. The largest absolute Gasteiger partial charge is 0.481 e. The van der Waals surface area contributed by atoms with Gasteiger partial charge in [0, 0.05) is 6.42 Å². The van der Waals surface area contributed by atoms with Gasteiger partial charge >= 0.3 is 5.97 Å². The second-order valence-electron chi connectivity index (χ2n) is 7.57. The van der Waals surface area contributed by atoms with Crippen molar-refractivity contribution in [1.82, 2.24) is 0 Å². The van der Waals surface area contributed by atoms with Crippen LogP contribution in [0.4, 0.5) is 0 Å². The molecule has 2 rings (SSSR count). The summed E-state index contributed by atoms with van der Waals surface area (Å²) in [5.41, 5.74) is 0.659. The van der Waals surface area contributed by atoms with E-state index < -0.39 is 11.4 Å². The Morgan fingerprint density at radius 3 is 2.57 bits per heavy atom. The summed E-state index contributed by atoms with van der Waals surface area (Å²) in [6.45, 7) is 8.05. The standard InChI is InChI=1S/C18H28O3/c1-12-7-8-15-14(17(12,3)11-9-13(2)19)6-5-10-18(15,4)16(20)21/h6,12,15H,5,7-11H2,1-4H3,(H,20,21)/t12-,15+,17-,18-/m0/s1. The molecule has 0 aromatic carbocycles. The van der Waals surface area contributed by atoms with Crippen LogP contribution in [0.1, 0.15) is 66.2 Å². The van der Waals surface area contributed by atoms with E-state index in [0.29, 0.717) is 12.3 Å². The van der Waals surface area contributed by atoms with Crippen LogP contribution in [0, 0.1) is 22.7 Å². The summed E-state index contributed by atoms with van der Waals surface area (Å²) < 4.78 is 0. The van der Waals surface area contributed by atoms with Crippen molar-refractivity contribution < 1.29 is 14.7 Å². The van der Waals surface area contributed by atoms with E-state index in [1.54, 1.807) is 6.92 Å². The molecule has 1 saturated carbocycles. The molecule has 0 saturated heterocycles. The quantitative estimate of drug-likeness (QED) is 0.789. The van der Waals surface area contributed by atoms with Gasteiger partial charge in [-0.05, 0) is 63.2 Å². The van der Waals surface area contributed by atoms with Gasteiger partial charge < -0.3 is 9.90 Å². The van der Waals surface area contributed by atoms with Crippen molar-refractivity contribution in [1.29, 1.82) is 0 Å². The molecule has 118 valence electrons. The Kier molecular flexibility index (Phi) is 4.32. The van der Waals surface area contributed by atoms with Crippen LogP contribution < -0.4 is 0 Å². The molecular formula is C18H28O3. The molecule has 21 heavy (non-hydrogen) atoms. The first kappa shape index (κ1) is 16.3. The average molecular weight is 292 g/mol. The smallest absolute Gasteiger partial charge is 0.309 e. The maximum atomic E-state index is 11.8. The van der Waals surface area contributed by atoms with Gasteiger partial charge in [0.05, 0.1) is 5.41 Å². The molecule has 0 amide bonds. The lowest BCUT2D eigenvalue weighted by Gasteiger charge is -2.52. The Hall–Kier alpha value is -1.12. The predicted octanol–water partition coefficient (Wildman–Crippen LogP) is 4.22. The Balaban J connectivity index is 2.36. The summed E-state index contributed by atoms with van der Waals surface area (Å²) >= 11 is 0. The minimum Gasteiger partial charge on any atom is -0.481 e. The number of hydrogen-bond donors (Lipinski definition) is 1. The summed E-state index contributed by atoms with van der Waals surface area (Å²) in [5.74, 6) is 0.205. The van der Waals surface area contributed by atoms with Gasteiger partial charge in [-0.15, -0.1) is 0 Å². The third kappa shape index (κ3) is 2.67. The van der Waals surface area contributed by atoms with Crippen LogP contribution in [0.25, 0.3) is 0 Å². The number of aliphatic carboxylic acids is 1. The molecule has 4 atom stereocenters. The van der Waals surface area contributed by atoms with Crippen LogP contribution in [-0.4, -0.2) is 16.9 Å². The van der Waals surface area contributed by atoms with Crippen LogP contribution in [0.5, 0.6) is 0 Å². The van der Waals surface area contributed by atoms with Crippen LogP contribution >= 0.6 is 0 Å². The maximum absolute atomic E-state index is 11.8. The molecular weight excluding hydrogens is 264 g/mol. The predicted molar refractivity (Wildman–Crippen MR) is 83.0 cm³/mol. The van der Waals surface area contributed by atoms with E-state index in [9.17, 15) is 14.7 Å². The molecule has 2 aliphatic carbocycles. The summed E-state index contributed by atoms with van der Waals surface area (Å²) in [7, 11) is 0. The minimum atomic E-state index is -0.665. The molecule has 0 aromatic rings. The highest BCUT2D eigenvalue weighted by Crippen LogP contribution is 2.58. The van der Waals surface area contributed by atoms with E-state index in [1.165, 1.54) is 5.57 Å². The van der Waals surface area contributed by atoms with Gasteiger partial charge in [0.25, 0.3) is 0 Å². The molecule has 0 unspecified atom stereocenters. The average Bonchev–Trinajstić information content (AvgIpc) is 2.41. The molecule has 0 aromatic heterocycles. The number of carboxylic acid groups (broad SMARTS) is 1. The monoisotopic (exact) mass is 292 g/mol. The van der Waals surface area contributed by atoms with Gasteiger partial charge in [-0.1, -0.05) is 25.5 Å². The van der Waals surface area contributed by atoms with Crippen LogP contribution in [0.3, 0.4) is 0 Å². The number of Topliss-reactive ketones (excluding diaryl/α,β-unsaturated/α-hetero) is 1. The minimum absolute atomic E-state index is 0.0221. The van der Waals surface area contributed by atoms with Crippen LogP contribution in [0.15, 0.2) is 11.6 Å². The molecule has 0 bridgehead atoms. The van der Waals surface area contributed by atoms with Crippen molar-refractivity contribution in [3.8, 4) is 0 Å². The van der Waals surface area contributed by atoms with Crippen molar-refractivity contribution in [3.05, 3.63) is 11.6 Å². The van der Waals surface area contributed by atoms with Gasteiger partial charge in [-0.2, -0.15) is 0 Å². The molecule has 0 aliphatic heterocycles. The lowest BCUT2D eigenvalue weighted by Crippen LogP contribution is -2.47. The zero-order valence-electron chi connectivity index (χ0n) is 13.7. The summed E-state index contributed by atoms with van der Waals surface area (Å²) in [6, 6.07) is 0. The number of rotatable bonds is 4. The molecule has 3 heteroatoms. The number of allylic oxidation sites excluding steroid dienone is 2. The normalized spacial score (nSPS) is 39.3. The molecule has 0 spiro atoms. The van der Waals surface area contributed by atoms with Gasteiger partial charge in [0.2, 0.25) is 0 Å². The van der Waals surface area contributed by atoms with Crippen LogP contribution in [0.2, 0.25) is 0 Å². The zero-order valence-corrected chi connectivity index (χ0v) is 13.7. The molecule has 0 heterocycles. The maximum Gasteiger partial charge on any atom is 0.309 e. The van der Waals surface area contributed by atoms with E-state index in [0.717, 1.165) is 32.1 Å². The number of fused-ring (bicyclic) bond motifs is 1. The fraction of sp³-hybridized carbons (Fsp3) is 0.778. The fourth-order valence-electron chi connectivity index (χ4n) is 4.39. The summed E-state index contributed by atoms with van der Waals surface area (Å²) in [5, 5.41) is 9.71. The highest BCUT2D eigenvalue weighted by molar-refractivity contribution is 5.76. The zero-order chi connectivity index (χ0) is 15.8. The Morgan fingerprint density at radius 2 is 2.00 bits per heavy atom. The van der Waals surface area contributed by atoms with E-state index in [1.807, 2.05) is 6.92 Å². The first-order valence-corrected chi connectivity index (χ1v) is 8.15. The number of ketones is 1. The number of carboxylic acids is 1. The SMILES string of the molecule is CC(=O)CC[C@]1(C)C2=CCC[C@](C)(C(=O)O)[C@@H]2CC[C@@H]1C. The first-order chi connectivity index (χ1) is 9.71. The molecule has 2 aliphatic rings. The van der Waals surface area contributed by atoms with Crippen molar-refractivity contribution in [2.24, 2.45) is 22.7 Å². The first-order valence-electron chi connectivity index (χ1n) is 8.15. The van der Waals surface area contributed by atoms with E-state index in [4.69, 9.17) is 0 Å². The van der Waals surface area contributed by atoms with Gasteiger partial charge in [-0.25, -0.2) is 0 Å². The highest BCUT2D eigenvalue weighted by Gasteiger charge is 2.52. The highest BCUT2D eigenvalue weighted by atomic mass is 16.4. The topological polar surface area (TPSA) is 54.4 Å². The van der Waals surface area contributed by atoms with Gasteiger partial charge in [-0.3, -0.25) is 4.79 Å². The lowest BCUT2D eigenvalue weighted by molar-refractivity contribution is -0.153. The fourth-order valence-corrected chi connectivity index (χ4v) is 4.39. The second kappa shape index (κ2) is 5.58. The second-order valence-corrected chi connectivity index (χ2v) is 7.57. The van der Waals surface area contributed by atoms with Crippen molar-refractivity contribution in [2.45, 2.75) is 66.2 Å². The molecule has 1 N–H and O–H groups in total. The third-order valence-corrected chi connectivity index (χ3v) is 6.29. The Labute approximate surface area is 127 Å². The number of carbonyl (C=O) groups excluding carboxylic acids is 1. The van der Waals surface area contributed by atoms with Gasteiger partial charge in [0.15, 0.2) is 0 Å². The van der Waals surface area contributed by atoms with Crippen molar-refractivity contribution >= 4 is 11.8 Å². The number of carbonyl (C=O) groups is 2. The van der Waals surface area contributed by atoms with E-state index >= 15 is 0 Å². The Morgan fingerprint density at radius 1 is 1.33 bits per heavy atom. The van der Waals surface area contributed by atoms with E-state index in [-0.39, 0.29) is 17.1 Å². The van der Waals surface area contributed by atoms with Crippen LogP contribution in [-0.2, 0) is 9.59 Å². The molecule has 0 radical (unpaired) electrons. The lowest BCUT2D eigenvalue weighted by atomic mass is 9.51. The summed E-state index contributed by atoms with van der Waals surface area (Å²) in [4.78, 5) is 23.2. The van der Waals surface area contributed by atoms with Gasteiger partial charge in [0.1, 0.15) is 5.78 Å².